The quantitative estimate of drug-likeness (QED) is 0.812. The third-order valence-electron chi connectivity index (χ3n) is 5.81. The van der Waals surface area contributed by atoms with E-state index in [2.05, 4.69) is 28.6 Å². The van der Waals surface area contributed by atoms with E-state index in [0.29, 0.717) is 12.5 Å². The Hall–Kier alpha value is -1.21. The molecule has 2 atom stereocenters. The molecule has 4 heterocycles. The number of likely N-dealkylation sites (tertiary alicyclic amines) is 1. The number of hydrogen-bond donors (Lipinski definition) is 0. The lowest BCUT2D eigenvalue weighted by Crippen LogP contribution is -2.35. The van der Waals surface area contributed by atoms with Crippen LogP contribution in [0, 0.1) is 5.92 Å². The van der Waals surface area contributed by atoms with E-state index in [1.807, 2.05) is 0 Å². The van der Waals surface area contributed by atoms with Crippen molar-refractivity contribution in [3.8, 4) is 0 Å². The zero-order valence-electron chi connectivity index (χ0n) is 15.2. The molecular weight excluding hydrogens is 336 g/mol. The van der Waals surface area contributed by atoms with Crippen LogP contribution < -0.4 is 4.90 Å². The molecular formula is C18H28N4O2S. The molecule has 3 aliphatic heterocycles. The maximum absolute atomic E-state index is 12.8. The van der Waals surface area contributed by atoms with Crippen LogP contribution in [0.5, 0.6) is 0 Å². The fourth-order valence-electron chi connectivity index (χ4n) is 4.34. The maximum atomic E-state index is 12.8. The predicted molar refractivity (Wildman–Crippen MR) is 98.5 cm³/mol. The monoisotopic (exact) mass is 364 g/mol. The lowest BCUT2D eigenvalue weighted by Gasteiger charge is -2.27. The van der Waals surface area contributed by atoms with E-state index < -0.39 is 9.84 Å². The molecule has 6 nitrogen and oxygen atoms in total. The van der Waals surface area contributed by atoms with Crippen molar-refractivity contribution in [2.75, 3.05) is 37.6 Å². The topological polar surface area (TPSA) is 66.4 Å². The van der Waals surface area contributed by atoms with Gasteiger partial charge in [0, 0.05) is 43.9 Å². The Labute approximate surface area is 150 Å². The summed E-state index contributed by atoms with van der Waals surface area (Å²) in [7, 11) is -3.11. The van der Waals surface area contributed by atoms with Crippen LogP contribution in [-0.2, 0) is 15.6 Å². The minimum Gasteiger partial charge on any atom is -0.341 e. The number of aromatic nitrogens is 2. The highest BCUT2D eigenvalue weighted by Gasteiger charge is 2.47. The summed E-state index contributed by atoms with van der Waals surface area (Å²) in [5, 5.41) is -0.298. The molecule has 25 heavy (non-hydrogen) atoms. The fraction of sp³-hybridized carbons (Fsp3) is 0.778. The van der Waals surface area contributed by atoms with Gasteiger partial charge in [-0.25, -0.2) is 18.4 Å². The van der Waals surface area contributed by atoms with Crippen LogP contribution in [0.3, 0.4) is 0 Å². The first-order valence-electron chi connectivity index (χ1n) is 9.49. The first-order valence-corrected chi connectivity index (χ1v) is 11.2. The van der Waals surface area contributed by atoms with Crippen LogP contribution in [0.15, 0.2) is 6.20 Å². The van der Waals surface area contributed by atoms with E-state index in [1.54, 1.807) is 6.20 Å². The number of sulfone groups is 1. The Balaban J connectivity index is 1.63. The molecule has 0 aliphatic carbocycles. The summed E-state index contributed by atoms with van der Waals surface area (Å²) in [6.07, 6.45) is 5.24. The van der Waals surface area contributed by atoms with Gasteiger partial charge in [0.05, 0.1) is 16.7 Å². The normalized spacial score (nSPS) is 28.4. The zero-order chi connectivity index (χ0) is 17.6. The largest absolute Gasteiger partial charge is 0.341 e. The van der Waals surface area contributed by atoms with E-state index in [0.717, 1.165) is 49.8 Å². The van der Waals surface area contributed by atoms with E-state index in [1.165, 1.54) is 12.8 Å². The Morgan fingerprint density at radius 2 is 2.00 bits per heavy atom. The second-order valence-corrected chi connectivity index (χ2v) is 10.4. The molecule has 2 fully saturated rings. The van der Waals surface area contributed by atoms with Crippen molar-refractivity contribution in [2.24, 2.45) is 5.92 Å². The molecule has 0 saturated carbocycles. The van der Waals surface area contributed by atoms with Crippen LogP contribution in [0.4, 0.5) is 5.95 Å². The number of fused-ring (bicyclic) bond motifs is 3. The van der Waals surface area contributed by atoms with Crippen molar-refractivity contribution in [2.45, 2.75) is 50.0 Å². The summed E-state index contributed by atoms with van der Waals surface area (Å²) in [6.45, 7) is 8.87. The number of rotatable bonds is 4. The molecule has 0 amide bonds. The van der Waals surface area contributed by atoms with Gasteiger partial charge in [0.15, 0.2) is 9.84 Å². The molecule has 0 bridgehead atoms. The lowest BCUT2D eigenvalue weighted by atomic mass is 10.00. The highest BCUT2D eigenvalue weighted by molar-refractivity contribution is 7.91. The molecule has 3 aliphatic rings. The van der Waals surface area contributed by atoms with Gasteiger partial charge >= 0.3 is 0 Å². The lowest BCUT2D eigenvalue weighted by molar-refractivity contribution is 0.310. The number of hydrogen-bond acceptors (Lipinski definition) is 6. The second-order valence-electron chi connectivity index (χ2n) is 8.17. The Kier molecular flexibility index (Phi) is 4.48. The smallest absolute Gasteiger partial charge is 0.225 e. The summed E-state index contributed by atoms with van der Waals surface area (Å²) in [5.74, 6) is 1.53. The minimum absolute atomic E-state index is 0.00488. The van der Waals surface area contributed by atoms with Crippen molar-refractivity contribution >= 4 is 15.8 Å². The molecule has 0 spiro atoms. The highest BCUT2D eigenvalue weighted by atomic mass is 32.2. The molecule has 0 N–H and O–H groups in total. The van der Waals surface area contributed by atoms with Crippen molar-refractivity contribution < 1.29 is 8.42 Å². The first-order chi connectivity index (χ1) is 11.9. The first kappa shape index (κ1) is 17.2. The van der Waals surface area contributed by atoms with Gasteiger partial charge in [0.25, 0.3) is 0 Å². The average Bonchev–Trinajstić information content (AvgIpc) is 3.22. The van der Waals surface area contributed by atoms with Crippen molar-refractivity contribution in [3.63, 3.8) is 0 Å². The molecule has 2 saturated heterocycles. The second kappa shape index (κ2) is 6.50. The molecule has 4 rings (SSSR count). The fourth-order valence-corrected chi connectivity index (χ4v) is 6.36. The minimum atomic E-state index is -3.11. The van der Waals surface area contributed by atoms with Gasteiger partial charge in [0.2, 0.25) is 5.95 Å². The molecule has 7 heteroatoms. The molecule has 0 radical (unpaired) electrons. The summed E-state index contributed by atoms with van der Waals surface area (Å²) in [4.78, 5) is 13.9. The Morgan fingerprint density at radius 3 is 2.72 bits per heavy atom. The molecule has 1 aromatic heterocycles. The van der Waals surface area contributed by atoms with Crippen molar-refractivity contribution in [1.29, 1.82) is 0 Å². The summed E-state index contributed by atoms with van der Waals surface area (Å²) in [6, 6.07) is 0. The summed E-state index contributed by atoms with van der Waals surface area (Å²) < 4.78 is 25.5. The number of nitrogens with zero attached hydrogens (tertiary/aromatic N) is 4. The Bertz CT molecular complexity index is 743. The number of anilines is 1. The standard InChI is InChI=1S/C18H28N4O2S/c1-13(2)5-8-21-10-15-16(11-21)25(23,24)12-14-9-19-18(20-17(14)15)22-6-3-4-7-22/h9,13,15-16H,3-8,10-12H2,1-2H3/t15-,16+/m0/s1. The molecule has 138 valence electrons. The van der Waals surface area contributed by atoms with E-state index in [9.17, 15) is 8.42 Å². The average molecular weight is 365 g/mol. The maximum Gasteiger partial charge on any atom is 0.225 e. The third-order valence-corrected chi connectivity index (χ3v) is 7.92. The van der Waals surface area contributed by atoms with Gasteiger partial charge in [-0.15, -0.1) is 0 Å². The van der Waals surface area contributed by atoms with Crippen LogP contribution in [0.1, 0.15) is 50.3 Å². The van der Waals surface area contributed by atoms with Crippen molar-refractivity contribution in [1.82, 2.24) is 14.9 Å². The van der Waals surface area contributed by atoms with E-state index >= 15 is 0 Å². The van der Waals surface area contributed by atoms with Crippen LogP contribution in [0.25, 0.3) is 0 Å². The third kappa shape index (κ3) is 3.28. The van der Waals surface area contributed by atoms with E-state index in [-0.39, 0.29) is 16.9 Å². The predicted octanol–water partition coefficient (Wildman–Crippen LogP) is 1.82. The SMILES string of the molecule is CC(C)CCN1C[C@@H]2c3nc(N4CCCC4)ncc3CS(=O)(=O)[C@@H]2C1. The molecule has 0 aromatic carbocycles. The van der Waals surface area contributed by atoms with Crippen molar-refractivity contribution in [3.05, 3.63) is 17.5 Å². The van der Waals surface area contributed by atoms with Gasteiger partial charge in [-0.05, 0) is 31.7 Å². The van der Waals surface area contributed by atoms with Gasteiger partial charge in [-0.2, -0.15) is 0 Å². The van der Waals surface area contributed by atoms with Gasteiger partial charge < -0.3 is 9.80 Å². The summed E-state index contributed by atoms with van der Waals surface area (Å²) in [5.41, 5.74) is 1.80. The van der Waals surface area contributed by atoms with Gasteiger partial charge in [0.1, 0.15) is 0 Å². The highest BCUT2D eigenvalue weighted by Crippen LogP contribution is 2.39. The molecule has 0 unspecified atom stereocenters. The molecule has 1 aromatic rings. The van der Waals surface area contributed by atoms with Crippen LogP contribution >= 0.6 is 0 Å². The zero-order valence-corrected chi connectivity index (χ0v) is 16.0. The van der Waals surface area contributed by atoms with Gasteiger partial charge in [-0.1, -0.05) is 13.8 Å². The van der Waals surface area contributed by atoms with E-state index in [4.69, 9.17) is 4.98 Å². The van der Waals surface area contributed by atoms with Crippen LogP contribution in [0.2, 0.25) is 0 Å². The van der Waals surface area contributed by atoms with Crippen LogP contribution in [-0.4, -0.2) is 61.3 Å². The van der Waals surface area contributed by atoms with Gasteiger partial charge in [-0.3, -0.25) is 0 Å². The summed E-state index contributed by atoms with van der Waals surface area (Å²) >= 11 is 0. The Morgan fingerprint density at radius 1 is 1.24 bits per heavy atom.